The summed E-state index contributed by atoms with van der Waals surface area (Å²) in [6.07, 6.45) is -9.09. The molecule has 3 aliphatic rings. The highest BCUT2D eigenvalue weighted by Gasteiger charge is 2.74. The number of alkyl halides is 6. The topological polar surface area (TPSA) is 37.3 Å². The van der Waals surface area contributed by atoms with Gasteiger partial charge in [-0.2, -0.15) is 26.3 Å². The number of allylic oxidation sites excluding steroid dienone is 2. The van der Waals surface area contributed by atoms with Crippen LogP contribution >= 0.6 is 0 Å². The smallest absolute Gasteiger partial charge is 0.374 e. The highest BCUT2D eigenvalue weighted by atomic mass is 19.4. The average molecular weight is 370 g/mol. The van der Waals surface area contributed by atoms with Crippen LogP contribution in [0.1, 0.15) is 51.9 Å². The van der Waals surface area contributed by atoms with E-state index in [0.29, 0.717) is 31.3 Å². The number of rotatable bonds is 3. The molecule has 1 N–H and O–H groups in total. The van der Waals surface area contributed by atoms with Gasteiger partial charge in [0.05, 0.1) is 0 Å². The van der Waals surface area contributed by atoms with Crippen molar-refractivity contribution >= 4 is 5.78 Å². The average Bonchev–Trinajstić information content (AvgIpc) is 3.10. The number of halogens is 6. The van der Waals surface area contributed by atoms with Gasteiger partial charge in [0, 0.05) is 18.8 Å². The summed E-state index contributed by atoms with van der Waals surface area (Å²) >= 11 is 0. The molecule has 3 rings (SSSR count). The van der Waals surface area contributed by atoms with Crippen LogP contribution in [0.4, 0.5) is 26.3 Å². The van der Waals surface area contributed by atoms with Crippen molar-refractivity contribution in [2.24, 2.45) is 16.7 Å². The van der Waals surface area contributed by atoms with E-state index >= 15 is 0 Å². The first-order valence-electron chi connectivity index (χ1n) is 8.37. The molecule has 0 amide bonds. The van der Waals surface area contributed by atoms with Crippen LogP contribution in [0.25, 0.3) is 0 Å². The predicted octanol–water partition coefficient (Wildman–Crippen LogP) is 4.72. The van der Waals surface area contributed by atoms with E-state index in [9.17, 15) is 36.2 Å². The highest BCUT2D eigenvalue weighted by Crippen LogP contribution is 2.68. The Bertz CT molecular complexity index is 600. The predicted molar refractivity (Wildman–Crippen MR) is 76.5 cm³/mol. The first kappa shape index (κ1) is 18.7. The van der Waals surface area contributed by atoms with Crippen molar-refractivity contribution in [3.8, 4) is 0 Å². The van der Waals surface area contributed by atoms with E-state index in [1.807, 2.05) is 0 Å². The number of carbonyl (C=O) groups is 1. The minimum Gasteiger partial charge on any atom is -0.374 e. The second-order valence-corrected chi connectivity index (χ2v) is 7.96. The molecule has 0 aromatic heterocycles. The van der Waals surface area contributed by atoms with Crippen molar-refractivity contribution in [1.29, 1.82) is 0 Å². The maximum Gasteiger partial charge on any atom is 0.426 e. The van der Waals surface area contributed by atoms with Crippen LogP contribution in [0.5, 0.6) is 0 Å². The lowest BCUT2D eigenvalue weighted by atomic mass is 9.61. The molecule has 1 unspecified atom stereocenters. The molecule has 2 nitrogen and oxygen atoms in total. The zero-order chi connectivity index (χ0) is 18.9. The van der Waals surface area contributed by atoms with Crippen molar-refractivity contribution in [3.63, 3.8) is 0 Å². The van der Waals surface area contributed by atoms with E-state index in [4.69, 9.17) is 0 Å². The van der Waals surface area contributed by atoms with Gasteiger partial charge in [0.15, 0.2) is 0 Å². The summed E-state index contributed by atoms with van der Waals surface area (Å²) in [7, 11) is 0. The Hall–Kier alpha value is -1.05. The molecule has 3 aliphatic carbocycles. The number of carbonyl (C=O) groups excluding carboxylic acids is 1. The summed E-state index contributed by atoms with van der Waals surface area (Å²) in [5.74, 6) is -0.337. The summed E-state index contributed by atoms with van der Waals surface area (Å²) in [5.41, 5.74) is -6.22. The SMILES string of the molecule is C[C@]12CCCC(=O)C1CC=C2C1(CC(O)(C(F)(F)F)C(F)(F)F)CC1. The van der Waals surface area contributed by atoms with Gasteiger partial charge in [-0.3, -0.25) is 4.79 Å². The monoisotopic (exact) mass is 370 g/mol. The van der Waals surface area contributed by atoms with E-state index in [2.05, 4.69) is 0 Å². The number of aliphatic hydroxyl groups is 1. The summed E-state index contributed by atoms with van der Waals surface area (Å²) < 4.78 is 78.6. The summed E-state index contributed by atoms with van der Waals surface area (Å²) in [5, 5.41) is 9.61. The van der Waals surface area contributed by atoms with Gasteiger partial charge in [0.1, 0.15) is 5.78 Å². The van der Waals surface area contributed by atoms with Gasteiger partial charge in [0.25, 0.3) is 5.60 Å². The Labute approximate surface area is 141 Å². The third kappa shape index (κ3) is 2.62. The van der Waals surface area contributed by atoms with Crippen LogP contribution in [0.3, 0.4) is 0 Å². The lowest BCUT2D eigenvalue weighted by Gasteiger charge is -2.43. The van der Waals surface area contributed by atoms with E-state index in [1.54, 1.807) is 13.0 Å². The number of Topliss-reactive ketones (excluding diaryl/α,β-unsaturated/α-hetero) is 1. The second-order valence-electron chi connectivity index (χ2n) is 7.96. The Kier molecular flexibility index (Phi) is 3.92. The molecule has 142 valence electrons. The minimum absolute atomic E-state index is 0.0257. The van der Waals surface area contributed by atoms with Gasteiger partial charge in [-0.15, -0.1) is 0 Å². The molecular weight excluding hydrogens is 350 g/mol. The summed E-state index contributed by atoms with van der Waals surface area (Å²) in [6.45, 7) is 1.77. The van der Waals surface area contributed by atoms with Gasteiger partial charge in [-0.1, -0.05) is 18.6 Å². The zero-order valence-electron chi connectivity index (χ0n) is 13.7. The first-order chi connectivity index (χ1) is 11.3. The van der Waals surface area contributed by atoms with E-state index in [-0.39, 0.29) is 24.5 Å². The van der Waals surface area contributed by atoms with Gasteiger partial charge in [-0.25, -0.2) is 0 Å². The number of hydrogen-bond donors (Lipinski definition) is 1. The number of hydrogen-bond acceptors (Lipinski definition) is 2. The molecule has 25 heavy (non-hydrogen) atoms. The Morgan fingerprint density at radius 3 is 2.16 bits per heavy atom. The maximum absolute atomic E-state index is 13.1. The Balaban J connectivity index is 1.94. The fourth-order valence-electron chi connectivity index (χ4n) is 4.88. The molecule has 2 saturated carbocycles. The van der Waals surface area contributed by atoms with E-state index in [1.165, 1.54) is 0 Å². The fourth-order valence-corrected chi connectivity index (χ4v) is 4.88. The maximum atomic E-state index is 13.1. The van der Waals surface area contributed by atoms with Crippen LogP contribution in [0.15, 0.2) is 11.6 Å². The molecule has 2 fully saturated rings. The Morgan fingerprint density at radius 1 is 1.12 bits per heavy atom. The van der Waals surface area contributed by atoms with Crippen LogP contribution < -0.4 is 0 Å². The molecule has 2 atom stereocenters. The third-order valence-electron chi connectivity index (χ3n) is 6.41. The van der Waals surface area contributed by atoms with Crippen molar-refractivity contribution in [2.45, 2.75) is 69.8 Å². The van der Waals surface area contributed by atoms with Gasteiger partial charge < -0.3 is 5.11 Å². The van der Waals surface area contributed by atoms with Crippen LogP contribution in [-0.2, 0) is 4.79 Å². The largest absolute Gasteiger partial charge is 0.426 e. The molecule has 0 spiro atoms. The fraction of sp³-hybridized carbons (Fsp3) is 0.824. The van der Waals surface area contributed by atoms with E-state index < -0.39 is 35.2 Å². The van der Waals surface area contributed by atoms with Crippen molar-refractivity contribution in [1.82, 2.24) is 0 Å². The van der Waals surface area contributed by atoms with Gasteiger partial charge in [0.2, 0.25) is 0 Å². The summed E-state index contributed by atoms with van der Waals surface area (Å²) in [4.78, 5) is 12.1. The number of fused-ring (bicyclic) bond motifs is 1. The lowest BCUT2D eigenvalue weighted by Crippen LogP contribution is -2.58. The molecule has 0 bridgehead atoms. The normalized spacial score (nSPS) is 32.4. The van der Waals surface area contributed by atoms with Crippen LogP contribution in [0, 0.1) is 16.7 Å². The van der Waals surface area contributed by atoms with Crippen molar-refractivity contribution in [3.05, 3.63) is 11.6 Å². The van der Waals surface area contributed by atoms with Crippen LogP contribution in [0.2, 0.25) is 0 Å². The van der Waals surface area contributed by atoms with Gasteiger partial charge >= 0.3 is 12.4 Å². The molecule has 0 aromatic rings. The third-order valence-corrected chi connectivity index (χ3v) is 6.41. The number of ketones is 1. The second kappa shape index (κ2) is 5.24. The van der Waals surface area contributed by atoms with Gasteiger partial charge in [-0.05, 0) is 42.9 Å². The van der Waals surface area contributed by atoms with Crippen molar-refractivity contribution in [2.75, 3.05) is 0 Å². The Morgan fingerprint density at radius 2 is 1.68 bits per heavy atom. The summed E-state index contributed by atoms with van der Waals surface area (Å²) in [6, 6.07) is 0. The molecular formula is C17H20F6O2. The molecule has 0 aliphatic heterocycles. The molecule has 0 aromatic carbocycles. The van der Waals surface area contributed by atoms with Crippen LogP contribution in [-0.4, -0.2) is 28.8 Å². The lowest BCUT2D eigenvalue weighted by molar-refractivity contribution is -0.373. The molecule has 0 saturated heterocycles. The molecule has 8 heteroatoms. The van der Waals surface area contributed by atoms with Crippen molar-refractivity contribution < 1.29 is 36.2 Å². The van der Waals surface area contributed by atoms with E-state index in [0.717, 1.165) is 0 Å². The first-order valence-corrected chi connectivity index (χ1v) is 8.37. The zero-order valence-corrected chi connectivity index (χ0v) is 13.7. The standard InChI is InChI=1S/C17H20F6O2/c1-13-6-2-3-11(24)10(13)4-5-12(13)14(7-8-14)9-15(25,16(18,19)20)17(21,22)23/h5,10,25H,2-4,6-9H2,1H3/t10?,13-/m0/s1. The molecule has 0 radical (unpaired) electrons. The highest BCUT2D eigenvalue weighted by molar-refractivity contribution is 5.84. The molecule has 0 heterocycles. The minimum atomic E-state index is -5.80. The quantitative estimate of drug-likeness (QED) is 0.577.